The Balaban J connectivity index is 2.25. The molecule has 1 aromatic rings. The van der Waals surface area contributed by atoms with Gasteiger partial charge in [0.25, 0.3) is 0 Å². The SMILES string of the molecule is CN(C)c1nc(CNS(C)(=O)=O)nc(N2CCOCC2)n1. The maximum absolute atomic E-state index is 11.2. The molecule has 21 heavy (non-hydrogen) atoms. The second-order valence-corrected chi connectivity index (χ2v) is 6.77. The Morgan fingerprint density at radius 1 is 1.24 bits per heavy atom. The molecule has 1 N–H and O–H groups in total. The van der Waals surface area contributed by atoms with Crippen molar-refractivity contribution in [3.05, 3.63) is 5.82 Å². The molecule has 0 amide bonds. The van der Waals surface area contributed by atoms with E-state index in [4.69, 9.17) is 4.74 Å². The summed E-state index contributed by atoms with van der Waals surface area (Å²) >= 11 is 0. The molecule has 1 aromatic heterocycles. The van der Waals surface area contributed by atoms with Gasteiger partial charge in [-0.15, -0.1) is 0 Å². The highest BCUT2D eigenvalue weighted by molar-refractivity contribution is 7.88. The fourth-order valence-electron chi connectivity index (χ4n) is 1.77. The molecule has 9 nitrogen and oxygen atoms in total. The molecule has 0 spiro atoms. The van der Waals surface area contributed by atoms with Gasteiger partial charge in [0.15, 0.2) is 5.82 Å². The molecule has 0 aliphatic carbocycles. The van der Waals surface area contributed by atoms with Crippen LogP contribution in [0.4, 0.5) is 11.9 Å². The summed E-state index contributed by atoms with van der Waals surface area (Å²) in [5.74, 6) is 1.43. The van der Waals surface area contributed by atoms with Crippen molar-refractivity contribution in [3.8, 4) is 0 Å². The Kier molecular flexibility index (Phi) is 4.91. The van der Waals surface area contributed by atoms with E-state index in [2.05, 4.69) is 19.7 Å². The van der Waals surface area contributed by atoms with Crippen LogP contribution in [0.15, 0.2) is 0 Å². The summed E-state index contributed by atoms with van der Waals surface area (Å²) < 4.78 is 30.1. The van der Waals surface area contributed by atoms with E-state index >= 15 is 0 Å². The van der Waals surface area contributed by atoms with Gasteiger partial charge in [0.1, 0.15) is 0 Å². The second kappa shape index (κ2) is 6.50. The number of morpholine rings is 1. The standard InChI is InChI=1S/C11H20N6O3S/c1-16(2)10-13-9(8-12-21(3,18)19)14-11(15-10)17-4-6-20-7-5-17/h12H,4-8H2,1-3H3. The molecule has 1 aliphatic heterocycles. The molecule has 2 heterocycles. The van der Waals surface area contributed by atoms with Gasteiger partial charge in [-0.1, -0.05) is 0 Å². The van der Waals surface area contributed by atoms with Gasteiger partial charge in [0.2, 0.25) is 21.9 Å². The van der Waals surface area contributed by atoms with E-state index in [0.717, 1.165) is 6.26 Å². The van der Waals surface area contributed by atoms with Crippen LogP contribution < -0.4 is 14.5 Å². The van der Waals surface area contributed by atoms with Gasteiger partial charge in [0, 0.05) is 27.2 Å². The van der Waals surface area contributed by atoms with Crippen LogP contribution >= 0.6 is 0 Å². The number of rotatable bonds is 5. The predicted octanol–water partition coefficient (Wildman–Crippen LogP) is -1.18. The molecule has 1 aliphatic rings. The minimum atomic E-state index is -3.29. The third-order valence-electron chi connectivity index (χ3n) is 2.84. The molecular weight excluding hydrogens is 296 g/mol. The molecule has 0 bridgehead atoms. The van der Waals surface area contributed by atoms with Crippen LogP contribution in [0.5, 0.6) is 0 Å². The lowest BCUT2D eigenvalue weighted by Crippen LogP contribution is -2.38. The number of nitrogens with zero attached hydrogens (tertiary/aromatic N) is 5. The molecule has 2 rings (SSSR count). The van der Waals surface area contributed by atoms with E-state index < -0.39 is 10.0 Å². The van der Waals surface area contributed by atoms with Crippen molar-refractivity contribution in [1.29, 1.82) is 0 Å². The summed E-state index contributed by atoms with van der Waals surface area (Å²) in [5, 5.41) is 0. The van der Waals surface area contributed by atoms with Crippen molar-refractivity contribution >= 4 is 21.9 Å². The normalized spacial score (nSPS) is 16.0. The molecule has 0 radical (unpaired) electrons. The van der Waals surface area contributed by atoms with Crippen molar-refractivity contribution in [2.24, 2.45) is 0 Å². The van der Waals surface area contributed by atoms with Crippen molar-refractivity contribution in [3.63, 3.8) is 0 Å². The van der Waals surface area contributed by atoms with Crippen molar-refractivity contribution in [1.82, 2.24) is 19.7 Å². The molecule has 0 aromatic carbocycles. The van der Waals surface area contributed by atoms with Crippen LogP contribution in [0.25, 0.3) is 0 Å². The second-order valence-electron chi connectivity index (χ2n) is 4.94. The van der Waals surface area contributed by atoms with Gasteiger partial charge in [-0.2, -0.15) is 15.0 Å². The summed E-state index contributed by atoms with van der Waals surface area (Å²) in [4.78, 5) is 16.7. The van der Waals surface area contributed by atoms with Gasteiger partial charge >= 0.3 is 0 Å². The van der Waals surface area contributed by atoms with Crippen molar-refractivity contribution < 1.29 is 13.2 Å². The minimum Gasteiger partial charge on any atom is -0.378 e. The highest BCUT2D eigenvalue weighted by Gasteiger charge is 2.17. The molecule has 118 valence electrons. The fourth-order valence-corrected chi connectivity index (χ4v) is 2.17. The largest absolute Gasteiger partial charge is 0.378 e. The Morgan fingerprint density at radius 3 is 2.48 bits per heavy atom. The number of aromatic nitrogens is 3. The molecule has 0 saturated carbocycles. The first kappa shape index (κ1) is 15.9. The number of anilines is 2. The number of sulfonamides is 1. The summed E-state index contributed by atoms with van der Waals surface area (Å²) in [6.45, 7) is 2.70. The van der Waals surface area contributed by atoms with E-state index in [1.54, 1.807) is 4.90 Å². The van der Waals surface area contributed by atoms with E-state index in [0.29, 0.717) is 44.0 Å². The quantitative estimate of drug-likeness (QED) is 0.725. The first-order valence-corrected chi connectivity index (χ1v) is 8.44. The molecule has 0 atom stereocenters. The predicted molar refractivity (Wildman–Crippen MR) is 78.9 cm³/mol. The van der Waals surface area contributed by atoms with E-state index in [-0.39, 0.29) is 6.54 Å². The number of nitrogens with one attached hydrogen (secondary N) is 1. The van der Waals surface area contributed by atoms with E-state index in [1.807, 2.05) is 19.0 Å². The van der Waals surface area contributed by atoms with E-state index in [9.17, 15) is 8.42 Å². The maximum Gasteiger partial charge on any atom is 0.230 e. The van der Waals surface area contributed by atoms with Crippen molar-refractivity contribution in [2.45, 2.75) is 6.54 Å². The number of hydrogen-bond acceptors (Lipinski definition) is 8. The van der Waals surface area contributed by atoms with Crippen molar-refractivity contribution in [2.75, 3.05) is 56.5 Å². The van der Waals surface area contributed by atoms with Crippen LogP contribution in [0.2, 0.25) is 0 Å². The average Bonchev–Trinajstić information content (AvgIpc) is 2.45. The van der Waals surface area contributed by atoms with Crippen LogP contribution in [-0.4, -0.2) is 70.0 Å². The smallest absolute Gasteiger partial charge is 0.230 e. The molecular formula is C11H20N6O3S. The summed E-state index contributed by atoms with van der Waals surface area (Å²) in [5.41, 5.74) is 0. The van der Waals surface area contributed by atoms with Gasteiger partial charge in [-0.25, -0.2) is 13.1 Å². The van der Waals surface area contributed by atoms with Gasteiger partial charge < -0.3 is 14.5 Å². The molecule has 1 fully saturated rings. The minimum absolute atomic E-state index is 0.0412. The van der Waals surface area contributed by atoms with Gasteiger partial charge in [0.05, 0.1) is 26.0 Å². The lowest BCUT2D eigenvalue weighted by molar-refractivity contribution is 0.122. The lowest BCUT2D eigenvalue weighted by Gasteiger charge is -2.27. The monoisotopic (exact) mass is 316 g/mol. The third-order valence-corrected chi connectivity index (χ3v) is 3.51. The summed E-state index contributed by atoms with van der Waals surface area (Å²) in [6.07, 6.45) is 1.10. The summed E-state index contributed by atoms with van der Waals surface area (Å²) in [6, 6.07) is 0. The molecule has 1 saturated heterocycles. The first-order valence-electron chi connectivity index (χ1n) is 6.55. The number of hydrogen-bond donors (Lipinski definition) is 1. The summed E-state index contributed by atoms with van der Waals surface area (Å²) in [7, 11) is 0.360. The van der Waals surface area contributed by atoms with Gasteiger partial charge in [-0.3, -0.25) is 0 Å². The van der Waals surface area contributed by atoms with Crippen LogP contribution in [-0.2, 0) is 21.3 Å². The van der Waals surface area contributed by atoms with Crippen LogP contribution in [0.3, 0.4) is 0 Å². The Morgan fingerprint density at radius 2 is 1.90 bits per heavy atom. The van der Waals surface area contributed by atoms with Gasteiger partial charge in [-0.05, 0) is 0 Å². The highest BCUT2D eigenvalue weighted by atomic mass is 32.2. The lowest BCUT2D eigenvalue weighted by atomic mass is 10.4. The Labute approximate surface area is 124 Å². The van der Waals surface area contributed by atoms with Crippen LogP contribution in [0, 0.1) is 0 Å². The first-order chi connectivity index (χ1) is 9.85. The average molecular weight is 316 g/mol. The number of ether oxygens (including phenoxy) is 1. The zero-order valence-corrected chi connectivity index (χ0v) is 13.2. The molecule has 10 heteroatoms. The zero-order chi connectivity index (χ0) is 15.5. The third kappa shape index (κ3) is 4.76. The zero-order valence-electron chi connectivity index (χ0n) is 12.4. The fraction of sp³-hybridized carbons (Fsp3) is 0.727. The Hall–Kier alpha value is -1.52. The Bertz CT molecular complexity index is 586. The molecule has 0 unspecified atom stereocenters. The highest BCUT2D eigenvalue weighted by Crippen LogP contribution is 2.14. The van der Waals surface area contributed by atoms with E-state index in [1.165, 1.54) is 0 Å². The van der Waals surface area contributed by atoms with Crippen LogP contribution in [0.1, 0.15) is 5.82 Å². The maximum atomic E-state index is 11.2. The topological polar surface area (TPSA) is 101 Å².